The van der Waals surface area contributed by atoms with Crippen molar-refractivity contribution in [1.82, 2.24) is 10.6 Å². The van der Waals surface area contributed by atoms with Gasteiger partial charge in [-0.2, -0.15) is 0 Å². The van der Waals surface area contributed by atoms with Gasteiger partial charge >= 0.3 is 5.97 Å². The number of carbonyl (C=O) groups is 3. The Hall–Kier alpha value is -1.67. The van der Waals surface area contributed by atoms with Crippen molar-refractivity contribution in [3.05, 3.63) is 0 Å². The minimum Gasteiger partial charge on any atom is -0.480 e. The summed E-state index contributed by atoms with van der Waals surface area (Å²) in [5.74, 6) is -2.31. The molecule has 2 amide bonds. The maximum Gasteiger partial charge on any atom is 0.326 e. The predicted octanol–water partition coefficient (Wildman–Crippen LogP) is -0.191. The number of aliphatic carboxylic acids is 1. The van der Waals surface area contributed by atoms with Crippen molar-refractivity contribution < 1.29 is 19.5 Å². The van der Waals surface area contributed by atoms with Crippen molar-refractivity contribution in [2.24, 2.45) is 23.3 Å². The van der Waals surface area contributed by atoms with Gasteiger partial charge in [-0.15, -0.1) is 0 Å². The van der Waals surface area contributed by atoms with Gasteiger partial charge in [-0.1, -0.05) is 27.7 Å². The standard InChI is InChI=1S/C16H32N4O4/c1-9(2)12(18)14(21)20-13(10(3)4)15(22)19-11(16(23)24)7-5-6-8-17/h9-13H,5-8,17-18H2,1-4H3,(H,19,22)(H,20,21)(H,23,24). The van der Waals surface area contributed by atoms with Crippen LogP contribution in [0.25, 0.3) is 0 Å². The highest BCUT2D eigenvalue weighted by atomic mass is 16.4. The molecule has 0 aliphatic rings. The highest BCUT2D eigenvalue weighted by Gasteiger charge is 2.30. The zero-order valence-electron chi connectivity index (χ0n) is 15.0. The average Bonchev–Trinajstić information content (AvgIpc) is 2.49. The van der Waals surface area contributed by atoms with Gasteiger partial charge < -0.3 is 27.2 Å². The first kappa shape index (κ1) is 22.3. The van der Waals surface area contributed by atoms with Crippen molar-refractivity contribution in [2.75, 3.05) is 6.54 Å². The smallest absolute Gasteiger partial charge is 0.326 e. The number of carboxylic acid groups (broad SMARTS) is 1. The number of carboxylic acids is 1. The number of amides is 2. The summed E-state index contributed by atoms with van der Waals surface area (Å²) in [6.45, 7) is 7.64. The zero-order valence-corrected chi connectivity index (χ0v) is 15.0. The topological polar surface area (TPSA) is 148 Å². The number of unbranched alkanes of at least 4 members (excludes halogenated alkanes) is 1. The Labute approximate surface area is 143 Å². The van der Waals surface area contributed by atoms with Crippen LogP contribution in [0.1, 0.15) is 47.0 Å². The van der Waals surface area contributed by atoms with Crippen LogP contribution in [0, 0.1) is 11.8 Å². The van der Waals surface area contributed by atoms with E-state index < -0.39 is 35.9 Å². The largest absolute Gasteiger partial charge is 0.480 e. The molecule has 0 aromatic heterocycles. The monoisotopic (exact) mass is 344 g/mol. The highest BCUT2D eigenvalue weighted by molar-refractivity contribution is 5.91. The molecule has 0 fully saturated rings. The Morgan fingerprint density at radius 2 is 1.54 bits per heavy atom. The molecular weight excluding hydrogens is 312 g/mol. The second-order valence-corrected chi connectivity index (χ2v) is 6.68. The number of nitrogens with one attached hydrogen (secondary N) is 2. The molecule has 0 aromatic carbocycles. The average molecular weight is 344 g/mol. The van der Waals surface area contributed by atoms with E-state index in [0.717, 1.165) is 0 Å². The van der Waals surface area contributed by atoms with Crippen LogP contribution in [0.5, 0.6) is 0 Å². The maximum atomic E-state index is 12.4. The lowest BCUT2D eigenvalue weighted by Gasteiger charge is -2.26. The Balaban J connectivity index is 4.88. The lowest BCUT2D eigenvalue weighted by atomic mass is 9.99. The second-order valence-electron chi connectivity index (χ2n) is 6.68. The van der Waals surface area contributed by atoms with Crippen LogP contribution in [0.15, 0.2) is 0 Å². The molecule has 0 bridgehead atoms. The first-order chi connectivity index (χ1) is 11.1. The van der Waals surface area contributed by atoms with E-state index in [1.807, 2.05) is 13.8 Å². The molecule has 0 spiro atoms. The third-order valence-electron chi connectivity index (χ3n) is 3.83. The molecule has 8 heteroatoms. The van der Waals surface area contributed by atoms with Crippen LogP contribution < -0.4 is 22.1 Å². The maximum absolute atomic E-state index is 12.4. The first-order valence-electron chi connectivity index (χ1n) is 8.41. The molecule has 7 N–H and O–H groups in total. The third kappa shape index (κ3) is 7.74. The fraction of sp³-hybridized carbons (Fsp3) is 0.812. The van der Waals surface area contributed by atoms with Crippen molar-refractivity contribution in [3.8, 4) is 0 Å². The molecule has 0 saturated carbocycles. The van der Waals surface area contributed by atoms with Gasteiger partial charge in [0.1, 0.15) is 12.1 Å². The van der Waals surface area contributed by atoms with E-state index >= 15 is 0 Å². The summed E-state index contributed by atoms with van der Waals surface area (Å²) in [5, 5.41) is 14.3. The molecule has 0 saturated heterocycles. The molecule has 8 nitrogen and oxygen atoms in total. The zero-order chi connectivity index (χ0) is 18.9. The van der Waals surface area contributed by atoms with E-state index in [0.29, 0.717) is 25.8 Å². The molecule has 3 unspecified atom stereocenters. The molecule has 140 valence electrons. The Bertz CT molecular complexity index is 426. The number of rotatable bonds is 11. The summed E-state index contributed by atoms with van der Waals surface area (Å²) in [6, 6.07) is -2.56. The number of hydrogen-bond donors (Lipinski definition) is 5. The summed E-state index contributed by atoms with van der Waals surface area (Å²) < 4.78 is 0. The van der Waals surface area contributed by atoms with Crippen LogP contribution in [-0.2, 0) is 14.4 Å². The SMILES string of the molecule is CC(C)C(N)C(=O)NC(C(=O)NC(CCCCN)C(=O)O)C(C)C. The van der Waals surface area contributed by atoms with Gasteiger partial charge in [0.05, 0.1) is 6.04 Å². The number of nitrogens with two attached hydrogens (primary N) is 2. The Kier molecular flexibility index (Phi) is 10.2. The van der Waals surface area contributed by atoms with E-state index in [1.165, 1.54) is 0 Å². The van der Waals surface area contributed by atoms with Gasteiger partial charge in [-0.3, -0.25) is 9.59 Å². The van der Waals surface area contributed by atoms with Crippen LogP contribution in [0.2, 0.25) is 0 Å². The summed E-state index contributed by atoms with van der Waals surface area (Å²) in [6.07, 6.45) is 1.58. The van der Waals surface area contributed by atoms with Crippen molar-refractivity contribution in [2.45, 2.75) is 65.1 Å². The van der Waals surface area contributed by atoms with Gasteiger partial charge in [0.25, 0.3) is 0 Å². The summed E-state index contributed by atoms with van der Waals surface area (Å²) >= 11 is 0. The van der Waals surface area contributed by atoms with Gasteiger partial charge in [0.2, 0.25) is 11.8 Å². The summed E-state index contributed by atoms with van der Waals surface area (Å²) in [7, 11) is 0. The molecule has 3 atom stereocenters. The molecular formula is C16H32N4O4. The van der Waals surface area contributed by atoms with E-state index in [9.17, 15) is 19.5 Å². The molecule has 24 heavy (non-hydrogen) atoms. The second kappa shape index (κ2) is 11.0. The molecule has 0 radical (unpaired) electrons. The highest BCUT2D eigenvalue weighted by Crippen LogP contribution is 2.07. The first-order valence-corrected chi connectivity index (χ1v) is 8.41. The van der Waals surface area contributed by atoms with Crippen LogP contribution >= 0.6 is 0 Å². The Morgan fingerprint density at radius 1 is 0.958 bits per heavy atom. The molecule has 0 rings (SSSR count). The third-order valence-corrected chi connectivity index (χ3v) is 3.83. The van der Waals surface area contributed by atoms with E-state index in [-0.39, 0.29) is 11.8 Å². The summed E-state index contributed by atoms with van der Waals surface area (Å²) in [4.78, 5) is 35.8. The van der Waals surface area contributed by atoms with Crippen molar-refractivity contribution in [1.29, 1.82) is 0 Å². The van der Waals surface area contributed by atoms with Gasteiger partial charge in [0, 0.05) is 0 Å². The van der Waals surface area contributed by atoms with Gasteiger partial charge in [-0.25, -0.2) is 4.79 Å². The minimum absolute atomic E-state index is 0.0658. The molecule has 0 aromatic rings. The van der Waals surface area contributed by atoms with Gasteiger partial charge in [0.15, 0.2) is 0 Å². The Morgan fingerprint density at radius 3 is 1.96 bits per heavy atom. The van der Waals surface area contributed by atoms with Gasteiger partial charge in [-0.05, 0) is 37.6 Å². The van der Waals surface area contributed by atoms with Crippen LogP contribution in [-0.4, -0.2) is 47.6 Å². The fourth-order valence-corrected chi connectivity index (χ4v) is 2.10. The van der Waals surface area contributed by atoms with Crippen LogP contribution in [0.3, 0.4) is 0 Å². The predicted molar refractivity (Wildman–Crippen MR) is 92.1 cm³/mol. The lowest BCUT2D eigenvalue weighted by molar-refractivity contribution is -0.142. The number of carbonyl (C=O) groups excluding carboxylic acids is 2. The lowest BCUT2D eigenvalue weighted by Crippen LogP contribution is -2.57. The van der Waals surface area contributed by atoms with E-state index in [2.05, 4.69) is 10.6 Å². The van der Waals surface area contributed by atoms with Crippen molar-refractivity contribution >= 4 is 17.8 Å². The van der Waals surface area contributed by atoms with E-state index in [1.54, 1.807) is 13.8 Å². The van der Waals surface area contributed by atoms with Crippen LogP contribution in [0.4, 0.5) is 0 Å². The molecule has 0 aliphatic carbocycles. The fourth-order valence-electron chi connectivity index (χ4n) is 2.10. The molecule has 0 aliphatic heterocycles. The van der Waals surface area contributed by atoms with E-state index in [4.69, 9.17) is 11.5 Å². The normalized spacial score (nSPS) is 15.0. The quantitative estimate of drug-likeness (QED) is 0.328. The summed E-state index contributed by atoms with van der Waals surface area (Å²) in [5.41, 5.74) is 11.2. The minimum atomic E-state index is -1.10. The molecule has 0 heterocycles. The number of hydrogen-bond acceptors (Lipinski definition) is 5. The van der Waals surface area contributed by atoms with Crippen molar-refractivity contribution in [3.63, 3.8) is 0 Å².